The Kier molecular flexibility index (Phi) is 8.14. The highest BCUT2D eigenvalue weighted by Gasteiger charge is 2.12. The van der Waals surface area contributed by atoms with E-state index in [0.29, 0.717) is 19.8 Å². The van der Waals surface area contributed by atoms with Gasteiger partial charge in [-0.05, 0) is 51.3 Å². The molecule has 23 heavy (non-hydrogen) atoms. The lowest BCUT2D eigenvalue weighted by Gasteiger charge is -2.07. The van der Waals surface area contributed by atoms with Crippen molar-refractivity contribution in [2.24, 2.45) is 0 Å². The van der Waals surface area contributed by atoms with E-state index < -0.39 is 0 Å². The van der Waals surface area contributed by atoms with Gasteiger partial charge < -0.3 is 14.6 Å². The first-order valence-electron chi connectivity index (χ1n) is 8.19. The number of hydrogen-bond acceptors (Lipinski definition) is 3. The van der Waals surface area contributed by atoms with E-state index in [9.17, 15) is 10.1 Å². The molecule has 0 fully saturated rings. The summed E-state index contributed by atoms with van der Waals surface area (Å²) in [7, 11) is 0. The topological polar surface area (TPSA) is 67.0 Å². The predicted octanol–water partition coefficient (Wildman–Crippen LogP) is 2.96. The average molecular weight is 317 g/mol. The van der Waals surface area contributed by atoms with Gasteiger partial charge in [-0.25, -0.2) is 0 Å². The summed E-state index contributed by atoms with van der Waals surface area (Å²) in [6.07, 6.45) is 3.46. The summed E-state index contributed by atoms with van der Waals surface area (Å²) in [5, 5.41) is 12.0. The molecule has 0 radical (unpaired) electrons. The lowest BCUT2D eigenvalue weighted by Crippen LogP contribution is -2.26. The van der Waals surface area contributed by atoms with Crippen molar-refractivity contribution in [2.45, 2.75) is 47.1 Å². The third kappa shape index (κ3) is 5.57. The van der Waals surface area contributed by atoms with Crippen LogP contribution in [0.5, 0.6) is 0 Å². The fourth-order valence-electron chi connectivity index (χ4n) is 2.46. The van der Waals surface area contributed by atoms with Crippen molar-refractivity contribution in [1.29, 1.82) is 5.26 Å². The summed E-state index contributed by atoms with van der Waals surface area (Å²) < 4.78 is 7.43. The molecule has 0 atom stereocenters. The van der Waals surface area contributed by atoms with Gasteiger partial charge in [0.05, 0.1) is 0 Å². The Bertz CT molecular complexity index is 594. The van der Waals surface area contributed by atoms with Crippen LogP contribution in [0.25, 0.3) is 6.08 Å². The number of rotatable bonds is 9. The van der Waals surface area contributed by atoms with Gasteiger partial charge in [0.15, 0.2) is 0 Å². The Morgan fingerprint density at radius 1 is 1.43 bits per heavy atom. The second-order valence-electron chi connectivity index (χ2n) is 5.45. The second-order valence-corrected chi connectivity index (χ2v) is 5.45. The van der Waals surface area contributed by atoms with Gasteiger partial charge in [0.2, 0.25) is 0 Å². The van der Waals surface area contributed by atoms with Crippen LogP contribution in [0, 0.1) is 25.2 Å². The lowest BCUT2D eigenvalue weighted by molar-refractivity contribution is -0.117. The highest BCUT2D eigenvalue weighted by molar-refractivity contribution is 6.01. The monoisotopic (exact) mass is 317 g/mol. The number of nitrogens with zero attached hydrogens (tertiary/aromatic N) is 2. The molecule has 0 aliphatic rings. The minimum atomic E-state index is -0.329. The number of carbonyl (C=O) groups excluding carboxylic acids is 1. The van der Waals surface area contributed by atoms with E-state index in [4.69, 9.17) is 4.74 Å². The maximum atomic E-state index is 12.1. The van der Waals surface area contributed by atoms with Gasteiger partial charge in [0.1, 0.15) is 11.6 Å². The third-order valence-corrected chi connectivity index (χ3v) is 3.68. The summed E-state index contributed by atoms with van der Waals surface area (Å²) in [6.45, 7) is 10.9. The maximum Gasteiger partial charge on any atom is 0.261 e. The fourth-order valence-corrected chi connectivity index (χ4v) is 2.46. The van der Waals surface area contributed by atoms with E-state index in [2.05, 4.69) is 16.8 Å². The molecule has 5 nitrogen and oxygen atoms in total. The molecule has 0 saturated carbocycles. The first-order chi connectivity index (χ1) is 11.0. The van der Waals surface area contributed by atoms with Crippen LogP contribution in [0.15, 0.2) is 11.6 Å². The molecule has 0 spiro atoms. The molecular weight excluding hydrogens is 290 g/mol. The van der Waals surface area contributed by atoms with Crippen molar-refractivity contribution in [1.82, 2.24) is 9.88 Å². The van der Waals surface area contributed by atoms with Gasteiger partial charge in [-0.15, -0.1) is 0 Å². The molecular formula is C18H27N3O2. The predicted molar refractivity (Wildman–Crippen MR) is 91.9 cm³/mol. The highest BCUT2D eigenvalue weighted by Crippen LogP contribution is 2.18. The molecule has 0 aromatic carbocycles. The molecule has 0 bridgehead atoms. The van der Waals surface area contributed by atoms with Gasteiger partial charge in [-0.2, -0.15) is 5.26 Å². The molecule has 0 unspecified atom stereocenters. The molecule has 1 rings (SSSR count). The summed E-state index contributed by atoms with van der Waals surface area (Å²) in [5.41, 5.74) is 3.29. The van der Waals surface area contributed by atoms with Gasteiger partial charge in [0.25, 0.3) is 5.91 Å². The van der Waals surface area contributed by atoms with Crippen LogP contribution >= 0.6 is 0 Å². The van der Waals surface area contributed by atoms with Crippen LogP contribution in [0.4, 0.5) is 0 Å². The summed E-state index contributed by atoms with van der Waals surface area (Å²) in [4.78, 5) is 12.1. The highest BCUT2D eigenvalue weighted by atomic mass is 16.5. The Morgan fingerprint density at radius 3 is 2.78 bits per heavy atom. The number of ether oxygens (including phenoxy) is 1. The van der Waals surface area contributed by atoms with Crippen molar-refractivity contribution < 1.29 is 9.53 Å². The first kappa shape index (κ1) is 19.0. The zero-order valence-electron chi connectivity index (χ0n) is 14.6. The Balaban J connectivity index is 2.77. The smallest absolute Gasteiger partial charge is 0.261 e. The Labute approximate surface area is 138 Å². The first-order valence-corrected chi connectivity index (χ1v) is 8.19. The molecule has 1 amide bonds. The van der Waals surface area contributed by atoms with E-state index in [0.717, 1.165) is 36.3 Å². The van der Waals surface area contributed by atoms with Crippen molar-refractivity contribution in [2.75, 3.05) is 19.8 Å². The molecule has 1 aromatic rings. The van der Waals surface area contributed by atoms with E-state index in [1.165, 1.54) is 0 Å². The maximum absolute atomic E-state index is 12.1. The largest absolute Gasteiger partial charge is 0.382 e. The standard InChI is InChI=1S/C18H27N3O2/c1-5-9-21-14(3)11-16(15(21)4)12-17(13-19)18(22)20-8-7-10-23-6-2/h11-12H,5-10H2,1-4H3,(H,20,22)/b17-12-. The number of amides is 1. The fraction of sp³-hybridized carbons (Fsp3) is 0.556. The van der Waals surface area contributed by atoms with Crippen LogP contribution in [-0.2, 0) is 16.1 Å². The molecule has 126 valence electrons. The number of hydrogen-bond donors (Lipinski definition) is 1. The van der Waals surface area contributed by atoms with Crippen LogP contribution in [0.1, 0.15) is 43.6 Å². The van der Waals surface area contributed by atoms with E-state index in [1.54, 1.807) is 6.08 Å². The van der Waals surface area contributed by atoms with Crippen molar-refractivity contribution in [3.05, 3.63) is 28.6 Å². The minimum Gasteiger partial charge on any atom is -0.382 e. The third-order valence-electron chi connectivity index (χ3n) is 3.68. The summed E-state index contributed by atoms with van der Waals surface area (Å²) in [6, 6.07) is 4.02. The van der Waals surface area contributed by atoms with Crippen LogP contribution < -0.4 is 5.32 Å². The number of carbonyl (C=O) groups is 1. The minimum absolute atomic E-state index is 0.137. The zero-order valence-corrected chi connectivity index (χ0v) is 14.6. The number of aryl methyl sites for hydroxylation is 1. The molecule has 1 heterocycles. The van der Waals surface area contributed by atoms with Gasteiger partial charge in [-0.1, -0.05) is 6.92 Å². The van der Waals surface area contributed by atoms with E-state index >= 15 is 0 Å². The van der Waals surface area contributed by atoms with E-state index in [1.807, 2.05) is 32.9 Å². The van der Waals surface area contributed by atoms with Gasteiger partial charge in [-0.3, -0.25) is 4.79 Å². The Hall–Kier alpha value is -2.06. The van der Waals surface area contributed by atoms with E-state index in [-0.39, 0.29) is 11.5 Å². The molecule has 1 N–H and O–H groups in total. The Morgan fingerprint density at radius 2 is 2.17 bits per heavy atom. The molecule has 0 saturated heterocycles. The van der Waals surface area contributed by atoms with Crippen LogP contribution in [-0.4, -0.2) is 30.2 Å². The number of nitriles is 1. The van der Waals surface area contributed by atoms with Gasteiger partial charge >= 0.3 is 0 Å². The molecule has 5 heteroatoms. The normalized spacial score (nSPS) is 11.3. The van der Waals surface area contributed by atoms with Crippen molar-refractivity contribution in [3.8, 4) is 6.07 Å². The van der Waals surface area contributed by atoms with Gasteiger partial charge in [0, 0.05) is 37.7 Å². The van der Waals surface area contributed by atoms with Crippen molar-refractivity contribution in [3.63, 3.8) is 0 Å². The molecule has 0 aliphatic heterocycles. The summed E-state index contributed by atoms with van der Waals surface area (Å²) in [5.74, 6) is -0.329. The zero-order chi connectivity index (χ0) is 17.2. The quantitative estimate of drug-likeness (QED) is 0.432. The molecule has 1 aromatic heterocycles. The van der Waals surface area contributed by atoms with Crippen LogP contribution in [0.2, 0.25) is 0 Å². The van der Waals surface area contributed by atoms with Crippen molar-refractivity contribution >= 4 is 12.0 Å². The van der Waals surface area contributed by atoms with Crippen LogP contribution in [0.3, 0.4) is 0 Å². The SMILES string of the molecule is CCCn1c(C)cc(/C=C(/C#N)C(=O)NCCCOCC)c1C. The number of nitrogens with one attached hydrogen (secondary N) is 1. The lowest BCUT2D eigenvalue weighted by atomic mass is 10.1. The molecule has 0 aliphatic carbocycles. The summed E-state index contributed by atoms with van der Waals surface area (Å²) >= 11 is 0. The average Bonchev–Trinajstić information content (AvgIpc) is 2.80. The second kappa shape index (κ2) is 9.86. The number of aromatic nitrogens is 1.